The number of likely N-dealkylation sites (tertiary alicyclic amines) is 1. The first-order valence-electron chi connectivity index (χ1n) is 16.3. The van der Waals surface area contributed by atoms with E-state index in [0.717, 1.165) is 17.0 Å². The van der Waals surface area contributed by atoms with Crippen molar-refractivity contribution in [1.82, 2.24) is 19.7 Å². The summed E-state index contributed by atoms with van der Waals surface area (Å²) in [6, 6.07) is 5.00. The number of hydrogen-bond acceptors (Lipinski definition) is 8. The molecule has 0 saturated carbocycles. The van der Waals surface area contributed by atoms with E-state index in [1.54, 1.807) is 17.0 Å². The Kier molecular flexibility index (Phi) is 10.8. The molecule has 3 fully saturated rings. The molecule has 1 aromatic carbocycles. The molecule has 0 unspecified atom stereocenters. The maximum absolute atomic E-state index is 15.6. The van der Waals surface area contributed by atoms with Crippen molar-refractivity contribution in [3.63, 3.8) is 0 Å². The van der Waals surface area contributed by atoms with E-state index in [1.807, 2.05) is 30.0 Å². The van der Waals surface area contributed by atoms with Crippen LogP contribution >= 0.6 is 12.4 Å². The first-order valence-corrected chi connectivity index (χ1v) is 16.3. The van der Waals surface area contributed by atoms with E-state index in [-0.39, 0.29) is 48.5 Å². The smallest absolute Gasteiger partial charge is 0.369 e. The number of aryl methyl sites for hydroxylation is 1. The van der Waals surface area contributed by atoms with Crippen molar-refractivity contribution in [2.75, 3.05) is 94.8 Å². The van der Waals surface area contributed by atoms with E-state index in [9.17, 15) is 27.6 Å². The minimum absolute atomic E-state index is 0. The van der Waals surface area contributed by atoms with E-state index in [4.69, 9.17) is 4.74 Å². The normalized spacial score (nSPS) is 22.4. The van der Waals surface area contributed by atoms with Gasteiger partial charge in [-0.05, 0) is 45.3 Å². The van der Waals surface area contributed by atoms with E-state index in [0.29, 0.717) is 58.1 Å². The molecule has 11 nitrogen and oxygen atoms in total. The maximum Gasteiger partial charge on any atom is 0.416 e. The monoisotopic (exact) mass is 723 g/mol. The Bertz CT molecular complexity index is 1650. The summed E-state index contributed by atoms with van der Waals surface area (Å²) in [5.74, 6) is -2.53. The molecule has 272 valence electrons. The molecule has 4 aliphatic rings. The summed E-state index contributed by atoms with van der Waals surface area (Å²) >= 11 is 0. The molecule has 5 heterocycles. The highest BCUT2D eigenvalue weighted by molar-refractivity contribution is 6.10. The lowest BCUT2D eigenvalue weighted by molar-refractivity contribution is -0.188. The molecule has 2 aromatic rings. The van der Waals surface area contributed by atoms with Crippen LogP contribution in [0.1, 0.15) is 17.7 Å². The van der Waals surface area contributed by atoms with Crippen molar-refractivity contribution in [2.45, 2.75) is 31.2 Å². The van der Waals surface area contributed by atoms with Crippen LogP contribution in [0.2, 0.25) is 0 Å². The first-order chi connectivity index (χ1) is 23.2. The van der Waals surface area contributed by atoms with Gasteiger partial charge in [0.05, 0.1) is 36.6 Å². The van der Waals surface area contributed by atoms with Gasteiger partial charge in [-0.25, -0.2) is 9.37 Å². The minimum atomic E-state index is -4.67. The Labute approximate surface area is 294 Å². The SMILES string of the molecule is Cc1cc(C(F)(F)F)cc(N2C(=O)C[C@@H]3CN(CCN4CCOC5(C4)CN(C(=O)/C=C/CN(C)C)C5)c4c(F)cccc4N(C)C(=O)[C@H]32)n1.Cl. The number of benzene rings is 1. The van der Waals surface area contributed by atoms with Crippen molar-refractivity contribution in [3.05, 3.63) is 59.6 Å². The molecule has 2 atom stereocenters. The number of aromatic nitrogens is 1. The third-order valence-electron chi connectivity index (χ3n) is 9.64. The van der Waals surface area contributed by atoms with Gasteiger partial charge in [-0.3, -0.25) is 24.2 Å². The Balaban J connectivity index is 0.00000486. The van der Waals surface area contributed by atoms with Crippen LogP contribution in [0.5, 0.6) is 0 Å². The zero-order valence-electron chi connectivity index (χ0n) is 28.5. The Hall–Kier alpha value is -3.79. The van der Waals surface area contributed by atoms with Crippen LogP contribution in [0.3, 0.4) is 0 Å². The number of likely N-dealkylation sites (N-methyl/N-ethyl adjacent to an activating group) is 2. The quantitative estimate of drug-likeness (QED) is 0.318. The van der Waals surface area contributed by atoms with E-state index in [1.165, 1.54) is 31.0 Å². The van der Waals surface area contributed by atoms with Crippen LogP contribution in [0.25, 0.3) is 0 Å². The Morgan fingerprint density at radius 1 is 1.14 bits per heavy atom. The lowest BCUT2D eigenvalue weighted by Gasteiger charge is -2.53. The highest BCUT2D eigenvalue weighted by Gasteiger charge is 2.51. The third kappa shape index (κ3) is 7.46. The molecule has 50 heavy (non-hydrogen) atoms. The predicted molar refractivity (Wildman–Crippen MR) is 182 cm³/mol. The molecule has 1 spiro atoms. The van der Waals surface area contributed by atoms with Crippen LogP contribution in [0.15, 0.2) is 42.5 Å². The molecule has 3 amide bonds. The summed E-state index contributed by atoms with van der Waals surface area (Å²) in [5.41, 5.74) is -0.872. The van der Waals surface area contributed by atoms with Gasteiger partial charge < -0.3 is 24.3 Å². The van der Waals surface area contributed by atoms with Crippen LogP contribution in [0, 0.1) is 18.7 Å². The Morgan fingerprint density at radius 3 is 2.58 bits per heavy atom. The summed E-state index contributed by atoms with van der Waals surface area (Å²) in [6.45, 7) is 5.66. The van der Waals surface area contributed by atoms with Gasteiger partial charge >= 0.3 is 6.18 Å². The van der Waals surface area contributed by atoms with Gasteiger partial charge in [0.15, 0.2) is 0 Å². The van der Waals surface area contributed by atoms with Gasteiger partial charge in [-0.2, -0.15) is 13.2 Å². The molecule has 4 aliphatic heterocycles. The van der Waals surface area contributed by atoms with Crippen molar-refractivity contribution in [2.24, 2.45) is 5.92 Å². The van der Waals surface area contributed by atoms with E-state index in [2.05, 4.69) is 9.88 Å². The summed E-state index contributed by atoms with van der Waals surface area (Å²) in [4.78, 5) is 54.5. The van der Waals surface area contributed by atoms with Crippen LogP contribution in [-0.2, 0) is 25.3 Å². The average Bonchev–Trinajstić information content (AvgIpc) is 3.34. The number of hydrogen-bond donors (Lipinski definition) is 0. The standard InChI is InChI=1S/C34H41F4N7O4.ClH/c1-22-15-24(34(36,37)38)17-27(39-22)45-29(47)16-23-18-43(31-25(35)7-5-8-26(31)41(4)32(48)30(23)45)12-11-42-13-14-49-33(19-42)20-44(21-33)28(46)9-6-10-40(2)3;/h5-9,15,17,23,30H,10-14,16,18-21H2,1-4H3;1H/b9-6+;/t23-,30+;/m1./s1. The van der Waals surface area contributed by atoms with E-state index < -0.39 is 46.9 Å². The summed E-state index contributed by atoms with van der Waals surface area (Å²) < 4.78 is 63.0. The van der Waals surface area contributed by atoms with E-state index >= 15 is 4.39 Å². The lowest BCUT2D eigenvalue weighted by atomic mass is 9.91. The molecule has 0 bridgehead atoms. The second kappa shape index (κ2) is 14.4. The average molecular weight is 724 g/mol. The zero-order valence-corrected chi connectivity index (χ0v) is 29.3. The topological polar surface area (TPSA) is 92.8 Å². The number of fused-ring (bicyclic) bond motifs is 2. The van der Waals surface area contributed by atoms with Gasteiger partial charge in [-0.15, -0.1) is 12.4 Å². The highest BCUT2D eigenvalue weighted by atomic mass is 35.5. The number of morpholine rings is 1. The zero-order chi connectivity index (χ0) is 35.2. The number of halogens is 5. The van der Waals surface area contributed by atoms with Gasteiger partial charge in [0, 0.05) is 70.4 Å². The fraction of sp³-hybridized carbons (Fsp3) is 0.529. The van der Waals surface area contributed by atoms with Gasteiger partial charge in [-0.1, -0.05) is 12.1 Å². The summed E-state index contributed by atoms with van der Waals surface area (Å²) in [7, 11) is 5.34. The van der Waals surface area contributed by atoms with Crippen molar-refractivity contribution in [3.8, 4) is 0 Å². The third-order valence-corrected chi connectivity index (χ3v) is 9.64. The number of carbonyl (C=O) groups is 3. The number of nitrogens with zero attached hydrogens (tertiary/aromatic N) is 7. The molecule has 1 aromatic heterocycles. The largest absolute Gasteiger partial charge is 0.416 e. The fourth-order valence-corrected chi connectivity index (χ4v) is 7.31. The number of carbonyl (C=O) groups excluding carboxylic acids is 3. The van der Waals surface area contributed by atoms with Gasteiger partial charge in [0.25, 0.3) is 0 Å². The predicted octanol–water partition coefficient (Wildman–Crippen LogP) is 3.21. The summed E-state index contributed by atoms with van der Waals surface area (Å²) in [6.07, 6.45) is -1.38. The number of pyridine rings is 1. The Morgan fingerprint density at radius 2 is 1.88 bits per heavy atom. The van der Waals surface area contributed by atoms with Crippen LogP contribution in [-0.4, -0.2) is 129 Å². The van der Waals surface area contributed by atoms with Crippen molar-refractivity contribution in [1.29, 1.82) is 0 Å². The number of alkyl halides is 3. The maximum atomic E-state index is 15.6. The van der Waals surface area contributed by atoms with Gasteiger partial charge in [0.2, 0.25) is 17.7 Å². The molecule has 0 radical (unpaired) electrons. The summed E-state index contributed by atoms with van der Waals surface area (Å²) in [5, 5.41) is 0. The first kappa shape index (κ1) is 37.5. The number of ether oxygens (including phenoxy) is 1. The number of para-hydroxylation sites is 1. The molecule has 0 N–H and O–H groups in total. The minimum Gasteiger partial charge on any atom is -0.369 e. The highest BCUT2D eigenvalue weighted by Crippen LogP contribution is 2.41. The van der Waals surface area contributed by atoms with Crippen molar-refractivity contribution < 1.29 is 36.7 Å². The molecule has 3 saturated heterocycles. The second-order valence-corrected chi connectivity index (χ2v) is 13.6. The molecular formula is C34H42ClF4N7O4. The number of amides is 3. The van der Waals surface area contributed by atoms with Crippen LogP contribution in [0.4, 0.5) is 34.8 Å². The number of rotatable bonds is 7. The fourth-order valence-electron chi connectivity index (χ4n) is 7.31. The van der Waals surface area contributed by atoms with Crippen LogP contribution < -0.4 is 14.7 Å². The van der Waals surface area contributed by atoms with Crippen molar-refractivity contribution >= 4 is 47.3 Å². The van der Waals surface area contributed by atoms with Gasteiger partial charge in [0.1, 0.15) is 23.3 Å². The lowest BCUT2D eigenvalue weighted by Crippen LogP contribution is -2.71. The molecule has 0 aliphatic carbocycles. The molecule has 16 heteroatoms. The second-order valence-electron chi connectivity index (χ2n) is 13.6. The molecule has 6 rings (SSSR count). The molecular weight excluding hydrogens is 682 g/mol. The number of anilines is 3.